The highest BCUT2D eigenvalue weighted by atomic mass is 16.2. The Morgan fingerprint density at radius 3 is 2.43 bits per heavy atom. The number of aromatic nitrogens is 4. The van der Waals surface area contributed by atoms with Gasteiger partial charge in [-0.1, -0.05) is 24.3 Å². The summed E-state index contributed by atoms with van der Waals surface area (Å²) in [6, 6.07) is 15.5. The lowest BCUT2D eigenvalue weighted by molar-refractivity contribution is -0.116. The highest BCUT2D eigenvalue weighted by Gasteiger charge is 2.15. The van der Waals surface area contributed by atoms with Gasteiger partial charge < -0.3 is 5.32 Å². The van der Waals surface area contributed by atoms with Crippen molar-refractivity contribution in [3.05, 3.63) is 82.0 Å². The Balaban J connectivity index is 1.56. The van der Waals surface area contributed by atoms with Gasteiger partial charge >= 0.3 is 0 Å². The number of anilines is 1. The maximum atomic E-state index is 13.0. The summed E-state index contributed by atoms with van der Waals surface area (Å²) in [6.07, 6.45) is 1.71. The Kier molecular flexibility index (Phi) is 5.18. The summed E-state index contributed by atoms with van der Waals surface area (Å²) < 4.78 is 3.18. The van der Waals surface area contributed by atoms with Crippen LogP contribution >= 0.6 is 0 Å². The average molecular weight is 401 g/mol. The van der Waals surface area contributed by atoms with E-state index in [4.69, 9.17) is 0 Å². The zero-order valence-corrected chi connectivity index (χ0v) is 17.2. The number of fused-ring (bicyclic) bond motifs is 1. The summed E-state index contributed by atoms with van der Waals surface area (Å²) in [5.41, 5.74) is 4.09. The monoisotopic (exact) mass is 401 g/mol. The molecule has 0 saturated carbocycles. The van der Waals surface area contributed by atoms with E-state index in [1.807, 2.05) is 56.3 Å². The molecule has 1 amide bonds. The second kappa shape index (κ2) is 7.94. The molecule has 0 bridgehead atoms. The molecule has 7 heteroatoms. The van der Waals surface area contributed by atoms with E-state index in [1.54, 1.807) is 11.6 Å². The summed E-state index contributed by atoms with van der Waals surface area (Å²) in [5.74, 6) is 0.399. The molecule has 30 heavy (non-hydrogen) atoms. The predicted molar refractivity (Wildman–Crippen MR) is 117 cm³/mol. The van der Waals surface area contributed by atoms with Crippen molar-refractivity contribution in [1.29, 1.82) is 0 Å². The zero-order valence-electron chi connectivity index (χ0n) is 17.2. The van der Waals surface area contributed by atoms with Crippen molar-refractivity contribution >= 4 is 22.6 Å². The lowest BCUT2D eigenvalue weighted by atomic mass is 10.1. The van der Waals surface area contributed by atoms with Gasteiger partial charge in [0.05, 0.1) is 11.9 Å². The molecule has 0 unspecified atom stereocenters. The van der Waals surface area contributed by atoms with E-state index < -0.39 is 0 Å². The van der Waals surface area contributed by atoms with Crippen LogP contribution in [0.1, 0.15) is 23.4 Å². The zero-order chi connectivity index (χ0) is 21.3. The second-order valence-electron chi connectivity index (χ2n) is 7.42. The lowest BCUT2D eigenvalue weighted by Crippen LogP contribution is -2.26. The highest BCUT2D eigenvalue weighted by molar-refractivity contribution is 5.90. The molecule has 7 nitrogen and oxygen atoms in total. The summed E-state index contributed by atoms with van der Waals surface area (Å²) in [6.45, 7) is 6.00. The third kappa shape index (κ3) is 3.87. The van der Waals surface area contributed by atoms with Crippen molar-refractivity contribution in [2.24, 2.45) is 0 Å². The van der Waals surface area contributed by atoms with E-state index in [1.165, 1.54) is 10.8 Å². The molecule has 0 spiro atoms. The molecule has 2 aromatic carbocycles. The van der Waals surface area contributed by atoms with Gasteiger partial charge in [-0.2, -0.15) is 5.10 Å². The molecule has 4 aromatic rings. The smallest absolute Gasteiger partial charge is 0.264 e. The summed E-state index contributed by atoms with van der Waals surface area (Å²) in [7, 11) is 0. The molecule has 0 aliphatic heterocycles. The van der Waals surface area contributed by atoms with Crippen LogP contribution in [0, 0.1) is 20.8 Å². The Bertz CT molecular complexity index is 1270. The van der Waals surface area contributed by atoms with Crippen LogP contribution in [0.2, 0.25) is 0 Å². The van der Waals surface area contributed by atoms with Gasteiger partial charge in [0.15, 0.2) is 5.65 Å². The number of nitrogens with zero attached hydrogens (tertiary/aromatic N) is 4. The number of benzene rings is 2. The van der Waals surface area contributed by atoms with Gasteiger partial charge in [-0.15, -0.1) is 0 Å². The highest BCUT2D eigenvalue weighted by Crippen LogP contribution is 2.16. The first-order chi connectivity index (χ1) is 14.4. The third-order valence-corrected chi connectivity index (χ3v) is 4.95. The Hall–Kier alpha value is -3.74. The van der Waals surface area contributed by atoms with Crippen molar-refractivity contribution in [3.63, 3.8) is 0 Å². The van der Waals surface area contributed by atoms with Crippen LogP contribution in [-0.2, 0) is 11.3 Å². The number of aryl methyl sites for hydroxylation is 3. The number of para-hydroxylation sites is 1. The maximum absolute atomic E-state index is 13.0. The molecule has 2 heterocycles. The van der Waals surface area contributed by atoms with E-state index in [-0.39, 0.29) is 24.4 Å². The summed E-state index contributed by atoms with van der Waals surface area (Å²) >= 11 is 0. The van der Waals surface area contributed by atoms with E-state index >= 15 is 0 Å². The number of rotatable bonds is 5. The fourth-order valence-electron chi connectivity index (χ4n) is 3.61. The molecule has 0 saturated heterocycles. The number of amides is 1. The first-order valence-corrected chi connectivity index (χ1v) is 9.81. The lowest BCUT2D eigenvalue weighted by Gasteiger charge is -2.11. The van der Waals surface area contributed by atoms with Gasteiger partial charge in [0.2, 0.25) is 5.91 Å². The summed E-state index contributed by atoms with van der Waals surface area (Å²) in [5, 5.41) is 7.67. The molecule has 0 radical (unpaired) electrons. The van der Waals surface area contributed by atoms with Crippen LogP contribution in [0.4, 0.5) is 5.69 Å². The molecule has 0 atom stereocenters. The predicted octanol–water partition coefficient (Wildman–Crippen LogP) is 3.54. The molecule has 2 aromatic heterocycles. The molecular weight excluding hydrogens is 378 g/mol. The normalized spacial score (nSPS) is 11.0. The third-order valence-electron chi connectivity index (χ3n) is 4.95. The molecule has 4 rings (SSSR count). The van der Waals surface area contributed by atoms with Crippen molar-refractivity contribution in [1.82, 2.24) is 19.3 Å². The van der Waals surface area contributed by atoms with Crippen LogP contribution in [-0.4, -0.2) is 25.2 Å². The van der Waals surface area contributed by atoms with E-state index in [0.29, 0.717) is 16.9 Å². The SMILES string of the molecule is Cc1cc(C)cc(NC(=O)CCn2c(C)nc3c(cnn3-c3ccccc3)c2=O)c1. The molecular formula is C23H23N5O2. The van der Waals surface area contributed by atoms with Gasteiger partial charge in [0.1, 0.15) is 11.2 Å². The number of hydrogen-bond acceptors (Lipinski definition) is 4. The molecule has 0 aliphatic rings. The fraction of sp³-hybridized carbons (Fsp3) is 0.217. The minimum absolute atomic E-state index is 0.147. The quantitative estimate of drug-likeness (QED) is 0.555. The molecule has 152 valence electrons. The number of carbonyl (C=O) groups excluding carboxylic acids is 1. The molecule has 1 N–H and O–H groups in total. The molecule has 0 fully saturated rings. The largest absolute Gasteiger partial charge is 0.326 e. The number of carbonyl (C=O) groups is 1. The van der Waals surface area contributed by atoms with Gasteiger partial charge in [0, 0.05) is 18.7 Å². The van der Waals surface area contributed by atoms with Gasteiger partial charge in [0.25, 0.3) is 5.56 Å². The number of hydrogen-bond donors (Lipinski definition) is 1. The van der Waals surface area contributed by atoms with Crippen molar-refractivity contribution in [2.75, 3.05) is 5.32 Å². The average Bonchev–Trinajstić information content (AvgIpc) is 3.11. The second-order valence-corrected chi connectivity index (χ2v) is 7.42. The Labute approximate surface area is 174 Å². The van der Waals surface area contributed by atoms with Crippen LogP contribution in [0.5, 0.6) is 0 Å². The standard InChI is InChI=1S/C23H23N5O2/c1-15-11-16(2)13-18(12-15)26-21(29)9-10-27-17(3)25-22-20(23(27)30)14-24-28(22)19-7-5-4-6-8-19/h4-8,11-14H,9-10H2,1-3H3,(H,26,29). The van der Waals surface area contributed by atoms with Crippen LogP contribution in [0.15, 0.2) is 59.5 Å². The van der Waals surface area contributed by atoms with Gasteiger partial charge in [-0.05, 0) is 56.2 Å². The fourth-order valence-corrected chi connectivity index (χ4v) is 3.61. The first-order valence-electron chi connectivity index (χ1n) is 9.81. The van der Waals surface area contributed by atoms with Crippen molar-refractivity contribution < 1.29 is 4.79 Å². The Morgan fingerprint density at radius 2 is 1.73 bits per heavy atom. The topological polar surface area (TPSA) is 81.8 Å². The van der Waals surface area contributed by atoms with Crippen molar-refractivity contribution in [2.45, 2.75) is 33.7 Å². The summed E-state index contributed by atoms with van der Waals surface area (Å²) in [4.78, 5) is 30.0. The minimum atomic E-state index is -0.195. The first kappa shape index (κ1) is 19.6. The van der Waals surface area contributed by atoms with E-state index in [2.05, 4.69) is 21.5 Å². The van der Waals surface area contributed by atoms with Gasteiger partial charge in [-0.25, -0.2) is 9.67 Å². The van der Waals surface area contributed by atoms with Crippen LogP contribution < -0.4 is 10.9 Å². The maximum Gasteiger partial charge on any atom is 0.264 e. The minimum Gasteiger partial charge on any atom is -0.326 e. The van der Waals surface area contributed by atoms with Gasteiger partial charge in [-0.3, -0.25) is 14.2 Å². The molecule has 0 aliphatic carbocycles. The number of nitrogens with one attached hydrogen (secondary N) is 1. The van der Waals surface area contributed by atoms with E-state index in [9.17, 15) is 9.59 Å². The van der Waals surface area contributed by atoms with Crippen molar-refractivity contribution in [3.8, 4) is 5.69 Å². The van der Waals surface area contributed by atoms with Crippen LogP contribution in [0.25, 0.3) is 16.7 Å². The van der Waals surface area contributed by atoms with Crippen LogP contribution in [0.3, 0.4) is 0 Å². The Morgan fingerprint density at radius 1 is 1.03 bits per heavy atom. The van der Waals surface area contributed by atoms with E-state index in [0.717, 1.165) is 22.5 Å².